The molecule has 2 aliphatic rings. The first-order valence-electron chi connectivity index (χ1n) is 6.83. The Balaban J connectivity index is 1.97. The van der Waals surface area contributed by atoms with Crippen LogP contribution in [-0.4, -0.2) is 59.9 Å². The number of hydrogen-bond acceptors (Lipinski definition) is 3. The zero-order valence-electron chi connectivity index (χ0n) is 11.4. The number of amides is 2. The number of hydrogen-bond donors (Lipinski definition) is 1. The van der Waals surface area contributed by atoms with Gasteiger partial charge in [0.15, 0.2) is 0 Å². The van der Waals surface area contributed by atoms with E-state index in [1.165, 1.54) is 0 Å². The molecule has 5 heteroatoms. The van der Waals surface area contributed by atoms with E-state index < -0.39 is 0 Å². The Bertz CT molecular complexity index is 337. The van der Waals surface area contributed by atoms with Crippen molar-refractivity contribution in [3.63, 3.8) is 0 Å². The summed E-state index contributed by atoms with van der Waals surface area (Å²) in [5, 5.41) is 3.31. The Labute approximate surface area is 108 Å². The molecule has 1 N–H and O–H groups in total. The Morgan fingerprint density at radius 3 is 2.33 bits per heavy atom. The van der Waals surface area contributed by atoms with Crippen LogP contribution in [-0.2, 0) is 9.59 Å². The molecule has 5 nitrogen and oxygen atoms in total. The van der Waals surface area contributed by atoms with Crippen molar-refractivity contribution < 1.29 is 9.59 Å². The highest BCUT2D eigenvalue weighted by molar-refractivity contribution is 5.86. The SMILES string of the molecule is CC(=O)N1CCCN(C(=O)C2(C)CCCN2)CC1. The predicted octanol–water partition coefficient (Wildman–Crippen LogP) is 0.209. The molecule has 0 aromatic heterocycles. The van der Waals surface area contributed by atoms with Gasteiger partial charge in [0.05, 0.1) is 5.54 Å². The minimum Gasteiger partial charge on any atom is -0.341 e. The van der Waals surface area contributed by atoms with Crippen molar-refractivity contribution in [1.82, 2.24) is 15.1 Å². The Hall–Kier alpha value is -1.10. The summed E-state index contributed by atoms with van der Waals surface area (Å²) in [4.78, 5) is 27.6. The fourth-order valence-corrected chi connectivity index (χ4v) is 2.86. The van der Waals surface area contributed by atoms with Crippen LogP contribution in [0.2, 0.25) is 0 Å². The molecule has 2 amide bonds. The summed E-state index contributed by atoms with van der Waals surface area (Å²) in [7, 11) is 0. The van der Waals surface area contributed by atoms with Crippen LogP contribution in [0.15, 0.2) is 0 Å². The quantitative estimate of drug-likeness (QED) is 0.727. The van der Waals surface area contributed by atoms with Crippen molar-refractivity contribution in [2.45, 2.75) is 38.6 Å². The van der Waals surface area contributed by atoms with Crippen LogP contribution in [0.4, 0.5) is 0 Å². The van der Waals surface area contributed by atoms with Gasteiger partial charge in [-0.25, -0.2) is 0 Å². The van der Waals surface area contributed by atoms with E-state index in [1.54, 1.807) is 6.92 Å². The summed E-state index contributed by atoms with van der Waals surface area (Å²) < 4.78 is 0. The summed E-state index contributed by atoms with van der Waals surface area (Å²) in [6.45, 7) is 7.37. The summed E-state index contributed by atoms with van der Waals surface area (Å²) in [6, 6.07) is 0. The minimum absolute atomic E-state index is 0.106. The van der Waals surface area contributed by atoms with E-state index in [4.69, 9.17) is 0 Å². The number of rotatable bonds is 1. The fraction of sp³-hybridized carbons (Fsp3) is 0.846. The number of nitrogens with zero attached hydrogens (tertiary/aromatic N) is 2. The van der Waals surface area contributed by atoms with E-state index in [-0.39, 0.29) is 17.4 Å². The first-order chi connectivity index (χ1) is 8.53. The molecule has 0 saturated carbocycles. The van der Waals surface area contributed by atoms with Crippen LogP contribution in [0, 0.1) is 0 Å². The van der Waals surface area contributed by atoms with Crippen molar-refractivity contribution in [3.05, 3.63) is 0 Å². The standard InChI is InChI=1S/C13H23N3O2/c1-11(17)15-7-4-8-16(10-9-15)12(18)13(2)5-3-6-14-13/h14H,3-10H2,1-2H3. The van der Waals surface area contributed by atoms with Crippen LogP contribution in [0.5, 0.6) is 0 Å². The fourth-order valence-electron chi connectivity index (χ4n) is 2.86. The first kappa shape index (κ1) is 13.3. The van der Waals surface area contributed by atoms with Crippen molar-refractivity contribution in [2.75, 3.05) is 32.7 Å². The third-order valence-corrected chi connectivity index (χ3v) is 4.07. The average Bonchev–Trinajstić information content (AvgIpc) is 2.65. The van der Waals surface area contributed by atoms with Gasteiger partial charge in [-0.3, -0.25) is 9.59 Å². The molecule has 0 aromatic rings. The second kappa shape index (κ2) is 5.26. The molecule has 102 valence electrons. The highest BCUT2D eigenvalue weighted by Gasteiger charge is 2.39. The lowest BCUT2D eigenvalue weighted by atomic mass is 9.98. The lowest BCUT2D eigenvalue weighted by Crippen LogP contribution is -2.53. The Kier molecular flexibility index (Phi) is 3.90. The predicted molar refractivity (Wildman–Crippen MR) is 69.1 cm³/mol. The molecule has 2 rings (SSSR count). The number of carbonyl (C=O) groups is 2. The highest BCUT2D eigenvalue weighted by atomic mass is 16.2. The van der Waals surface area contributed by atoms with Crippen molar-refractivity contribution in [2.24, 2.45) is 0 Å². The molecule has 0 aliphatic carbocycles. The average molecular weight is 253 g/mol. The van der Waals surface area contributed by atoms with Crippen LogP contribution in [0.1, 0.15) is 33.1 Å². The molecule has 2 heterocycles. The van der Waals surface area contributed by atoms with Crippen LogP contribution >= 0.6 is 0 Å². The smallest absolute Gasteiger partial charge is 0.242 e. The molecule has 1 atom stereocenters. The summed E-state index contributed by atoms with van der Waals surface area (Å²) >= 11 is 0. The van der Waals surface area contributed by atoms with Gasteiger partial charge in [0.25, 0.3) is 0 Å². The number of carbonyl (C=O) groups excluding carboxylic acids is 2. The van der Waals surface area contributed by atoms with Crippen molar-refractivity contribution in [3.8, 4) is 0 Å². The molecular weight excluding hydrogens is 230 g/mol. The van der Waals surface area contributed by atoms with Gasteiger partial charge in [-0.05, 0) is 32.7 Å². The molecule has 0 bridgehead atoms. The van der Waals surface area contributed by atoms with Crippen LogP contribution in [0.25, 0.3) is 0 Å². The number of nitrogens with one attached hydrogen (secondary N) is 1. The third kappa shape index (κ3) is 2.66. The van der Waals surface area contributed by atoms with Gasteiger partial charge in [-0.15, -0.1) is 0 Å². The topological polar surface area (TPSA) is 52.7 Å². The van der Waals surface area contributed by atoms with Gasteiger partial charge < -0.3 is 15.1 Å². The Morgan fingerprint density at radius 2 is 1.72 bits per heavy atom. The van der Waals surface area contributed by atoms with Gasteiger partial charge in [0, 0.05) is 33.1 Å². The maximum absolute atomic E-state index is 12.5. The lowest BCUT2D eigenvalue weighted by molar-refractivity contribution is -0.137. The second-order valence-electron chi connectivity index (χ2n) is 5.51. The largest absolute Gasteiger partial charge is 0.341 e. The van der Waals surface area contributed by atoms with E-state index in [2.05, 4.69) is 5.32 Å². The van der Waals surface area contributed by atoms with Gasteiger partial charge in [0.2, 0.25) is 11.8 Å². The molecule has 0 spiro atoms. The molecule has 2 saturated heterocycles. The van der Waals surface area contributed by atoms with E-state index >= 15 is 0 Å². The summed E-state index contributed by atoms with van der Waals surface area (Å²) in [6.07, 6.45) is 2.86. The van der Waals surface area contributed by atoms with Crippen LogP contribution in [0.3, 0.4) is 0 Å². The van der Waals surface area contributed by atoms with Gasteiger partial charge in [-0.2, -0.15) is 0 Å². The zero-order valence-corrected chi connectivity index (χ0v) is 11.4. The molecule has 1 unspecified atom stereocenters. The van der Waals surface area contributed by atoms with E-state index in [1.807, 2.05) is 16.7 Å². The molecular formula is C13H23N3O2. The van der Waals surface area contributed by atoms with Crippen molar-refractivity contribution in [1.29, 1.82) is 0 Å². The molecule has 2 fully saturated rings. The van der Waals surface area contributed by atoms with Gasteiger partial charge in [0.1, 0.15) is 0 Å². The van der Waals surface area contributed by atoms with Crippen molar-refractivity contribution >= 4 is 11.8 Å². The molecule has 2 aliphatic heterocycles. The van der Waals surface area contributed by atoms with E-state index in [0.717, 1.165) is 38.9 Å². The Morgan fingerprint density at radius 1 is 1.06 bits per heavy atom. The molecule has 0 aromatic carbocycles. The van der Waals surface area contributed by atoms with E-state index in [0.29, 0.717) is 13.1 Å². The van der Waals surface area contributed by atoms with Gasteiger partial charge >= 0.3 is 0 Å². The normalized spacial score (nSPS) is 29.2. The molecule has 18 heavy (non-hydrogen) atoms. The highest BCUT2D eigenvalue weighted by Crippen LogP contribution is 2.22. The zero-order chi connectivity index (χ0) is 13.2. The maximum atomic E-state index is 12.5. The minimum atomic E-state index is -0.384. The lowest BCUT2D eigenvalue weighted by Gasteiger charge is -2.31. The van der Waals surface area contributed by atoms with E-state index in [9.17, 15) is 9.59 Å². The molecule has 0 radical (unpaired) electrons. The van der Waals surface area contributed by atoms with Gasteiger partial charge in [-0.1, -0.05) is 0 Å². The first-order valence-corrected chi connectivity index (χ1v) is 6.83. The monoisotopic (exact) mass is 253 g/mol. The third-order valence-electron chi connectivity index (χ3n) is 4.07. The summed E-state index contributed by atoms with van der Waals surface area (Å²) in [5.74, 6) is 0.305. The maximum Gasteiger partial charge on any atom is 0.242 e. The summed E-state index contributed by atoms with van der Waals surface area (Å²) in [5.41, 5.74) is -0.384. The van der Waals surface area contributed by atoms with Crippen LogP contribution < -0.4 is 5.32 Å². The second-order valence-corrected chi connectivity index (χ2v) is 5.51.